The summed E-state index contributed by atoms with van der Waals surface area (Å²) in [5.74, 6) is 1.22. The molecule has 0 aromatic heterocycles. The number of ether oxygens (including phenoxy) is 3. The van der Waals surface area contributed by atoms with Crippen LogP contribution in [0, 0.1) is 6.92 Å². The first-order chi connectivity index (χ1) is 12.1. The van der Waals surface area contributed by atoms with Gasteiger partial charge in [0, 0.05) is 20.3 Å². The molecule has 1 N–H and O–H groups in total. The Labute approximate surface area is 167 Å². The first-order valence-corrected chi connectivity index (χ1v) is 8.76. The molecule has 2 aromatic carbocycles. The molecule has 0 amide bonds. The minimum absolute atomic E-state index is 0. The van der Waals surface area contributed by atoms with Crippen molar-refractivity contribution in [2.24, 2.45) is 0 Å². The van der Waals surface area contributed by atoms with Crippen molar-refractivity contribution in [2.75, 3.05) is 27.4 Å². The summed E-state index contributed by atoms with van der Waals surface area (Å²) in [6.07, 6.45) is 0.971. The fourth-order valence-electron chi connectivity index (χ4n) is 2.43. The Kier molecular flexibility index (Phi) is 10.4. The largest absolute Gasteiger partial charge is 0.493 e. The van der Waals surface area contributed by atoms with Gasteiger partial charge in [-0.25, -0.2) is 0 Å². The average Bonchev–Trinajstić information content (AvgIpc) is 2.61. The van der Waals surface area contributed by atoms with Gasteiger partial charge in [0.05, 0.1) is 12.1 Å². The Morgan fingerprint density at radius 2 is 1.77 bits per heavy atom. The third-order valence-corrected chi connectivity index (χ3v) is 4.10. The van der Waals surface area contributed by atoms with Gasteiger partial charge in [-0.15, -0.1) is 12.4 Å². The van der Waals surface area contributed by atoms with Crippen LogP contribution >= 0.6 is 24.0 Å². The summed E-state index contributed by atoms with van der Waals surface area (Å²) in [5.41, 5.74) is 3.37. The summed E-state index contributed by atoms with van der Waals surface area (Å²) < 4.78 is 16.4. The highest BCUT2D eigenvalue weighted by atomic mass is 35.5. The minimum atomic E-state index is 0. The van der Waals surface area contributed by atoms with Crippen molar-refractivity contribution >= 4 is 24.0 Å². The van der Waals surface area contributed by atoms with E-state index in [1.54, 1.807) is 14.2 Å². The monoisotopic (exact) mass is 399 g/mol. The Morgan fingerprint density at radius 1 is 1.04 bits per heavy atom. The lowest BCUT2D eigenvalue weighted by Gasteiger charge is -2.15. The summed E-state index contributed by atoms with van der Waals surface area (Å²) in [4.78, 5) is 0. The van der Waals surface area contributed by atoms with Gasteiger partial charge in [0.25, 0.3) is 0 Å². The molecule has 0 unspecified atom stereocenters. The first-order valence-electron chi connectivity index (χ1n) is 8.38. The van der Waals surface area contributed by atoms with Crippen molar-refractivity contribution in [1.29, 1.82) is 0 Å². The first kappa shape index (κ1) is 22.6. The van der Waals surface area contributed by atoms with Crippen LogP contribution < -0.4 is 14.8 Å². The van der Waals surface area contributed by atoms with Crippen LogP contribution in [0.1, 0.15) is 23.1 Å². The van der Waals surface area contributed by atoms with Crippen LogP contribution in [0.5, 0.6) is 11.5 Å². The number of hydrogen-bond acceptors (Lipinski definition) is 4. The van der Waals surface area contributed by atoms with Gasteiger partial charge in [-0.05, 0) is 43.1 Å². The van der Waals surface area contributed by atoms with Gasteiger partial charge in [0.15, 0.2) is 11.5 Å². The van der Waals surface area contributed by atoms with E-state index in [-0.39, 0.29) is 12.4 Å². The maximum absolute atomic E-state index is 6.41. The van der Waals surface area contributed by atoms with Gasteiger partial charge in [-0.3, -0.25) is 0 Å². The fourth-order valence-corrected chi connectivity index (χ4v) is 2.72. The van der Waals surface area contributed by atoms with Crippen LogP contribution in [0.2, 0.25) is 5.02 Å². The summed E-state index contributed by atoms with van der Waals surface area (Å²) in [6.45, 7) is 4.87. The number of hydrogen-bond donors (Lipinski definition) is 1. The van der Waals surface area contributed by atoms with Crippen LogP contribution in [0.25, 0.3) is 0 Å². The predicted octanol–water partition coefficient (Wildman–Crippen LogP) is 4.78. The maximum atomic E-state index is 6.41. The SMILES string of the molecule is COCCCNCc1cc(Cl)c(OCc2ccc(C)cc2)c(OC)c1.Cl. The molecule has 4 nitrogen and oxygen atoms in total. The zero-order valence-electron chi connectivity index (χ0n) is 15.5. The number of benzene rings is 2. The molecule has 0 atom stereocenters. The quantitative estimate of drug-likeness (QED) is 0.583. The average molecular weight is 400 g/mol. The van der Waals surface area contributed by atoms with E-state index < -0.39 is 0 Å². The van der Waals surface area contributed by atoms with Gasteiger partial charge in [-0.1, -0.05) is 41.4 Å². The molecule has 0 saturated heterocycles. The van der Waals surface area contributed by atoms with Gasteiger partial charge in [0.1, 0.15) is 6.61 Å². The second kappa shape index (κ2) is 12.0. The van der Waals surface area contributed by atoms with E-state index >= 15 is 0 Å². The maximum Gasteiger partial charge on any atom is 0.180 e. The second-order valence-corrected chi connectivity index (χ2v) is 6.31. The standard InChI is InChI=1S/C20H26ClNO3.ClH/c1-15-5-7-16(8-6-15)14-25-20-18(21)11-17(12-19(20)24-3)13-22-9-4-10-23-2;/h5-8,11-12,22H,4,9-10,13-14H2,1-3H3;1H. The zero-order chi connectivity index (χ0) is 18.1. The molecule has 26 heavy (non-hydrogen) atoms. The van der Waals surface area contributed by atoms with E-state index in [2.05, 4.69) is 24.4 Å². The second-order valence-electron chi connectivity index (χ2n) is 5.91. The molecule has 144 valence electrons. The van der Waals surface area contributed by atoms with Crippen LogP contribution in [0.3, 0.4) is 0 Å². The Bertz CT molecular complexity index is 663. The lowest BCUT2D eigenvalue weighted by molar-refractivity contribution is 0.194. The molecule has 6 heteroatoms. The molecule has 0 spiro atoms. The third kappa shape index (κ3) is 7.04. The summed E-state index contributed by atoms with van der Waals surface area (Å²) in [6, 6.07) is 12.1. The highest BCUT2D eigenvalue weighted by Crippen LogP contribution is 2.37. The zero-order valence-corrected chi connectivity index (χ0v) is 17.1. The molecule has 2 rings (SSSR count). The Morgan fingerprint density at radius 3 is 2.42 bits per heavy atom. The summed E-state index contributed by atoms with van der Waals surface area (Å²) >= 11 is 6.41. The molecule has 0 aliphatic rings. The van der Waals surface area contributed by atoms with Crippen LogP contribution in [-0.4, -0.2) is 27.4 Å². The van der Waals surface area contributed by atoms with Crippen molar-refractivity contribution in [2.45, 2.75) is 26.5 Å². The van der Waals surface area contributed by atoms with E-state index in [0.29, 0.717) is 23.1 Å². The minimum Gasteiger partial charge on any atom is -0.493 e. The Balaban J connectivity index is 0.00000338. The number of methoxy groups -OCH3 is 2. The van der Waals surface area contributed by atoms with E-state index in [1.165, 1.54) is 5.56 Å². The van der Waals surface area contributed by atoms with Crippen molar-refractivity contribution < 1.29 is 14.2 Å². The number of halogens is 2. The van der Waals surface area contributed by atoms with E-state index in [9.17, 15) is 0 Å². The highest BCUT2D eigenvalue weighted by Gasteiger charge is 2.12. The van der Waals surface area contributed by atoms with Crippen LogP contribution in [-0.2, 0) is 17.9 Å². The molecule has 0 aliphatic heterocycles. The van der Waals surface area contributed by atoms with Crippen molar-refractivity contribution in [3.05, 3.63) is 58.1 Å². The molecule has 0 fully saturated rings. The van der Waals surface area contributed by atoms with E-state index in [0.717, 1.165) is 37.2 Å². The van der Waals surface area contributed by atoms with Gasteiger partial charge >= 0.3 is 0 Å². The smallest absolute Gasteiger partial charge is 0.180 e. The van der Waals surface area contributed by atoms with Crippen molar-refractivity contribution in [3.8, 4) is 11.5 Å². The summed E-state index contributed by atoms with van der Waals surface area (Å²) in [5, 5.41) is 3.92. The van der Waals surface area contributed by atoms with Gasteiger partial charge in [-0.2, -0.15) is 0 Å². The normalized spacial score (nSPS) is 10.3. The molecular formula is C20H27Cl2NO3. The molecular weight excluding hydrogens is 373 g/mol. The topological polar surface area (TPSA) is 39.7 Å². The van der Waals surface area contributed by atoms with Crippen molar-refractivity contribution in [1.82, 2.24) is 5.32 Å². The van der Waals surface area contributed by atoms with Crippen molar-refractivity contribution in [3.63, 3.8) is 0 Å². The van der Waals surface area contributed by atoms with Gasteiger partial charge < -0.3 is 19.5 Å². The number of nitrogens with one attached hydrogen (secondary N) is 1. The number of aryl methyl sites for hydroxylation is 1. The molecule has 0 heterocycles. The predicted molar refractivity (Wildman–Crippen MR) is 109 cm³/mol. The molecule has 0 aliphatic carbocycles. The Hall–Kier alpha value is -1.46. The third-order valence-electron chi connectivity index (χ3n) is 3.82. The number of rotatable bonds is 10. The highest BCUT2D eigenvalue weighted by molar-refractivity contribution is 6.32. The fraction of sp³-hybridized carbons (Fsp3) is 0.400. The van der Waals surface area contributed by atoms with E-state index in [1.807, 2.05) is 24.3 Å². The molecule has 0 radical (unpaired) electrons. The molecule has 0 bridgehead atoms. The van der Waals surface area contributed by atoms with Gasteiger partial charge in [0.2, 0.25) is 0 Å². The lowest BCUT2D eigenvalue weighted by atomic mass is 10.1. The van der Waals surface area contributed by atoms with Crippen LogP contribution in [0.15, 0.2) is 36.4 Å². The lowest BCUT2D eigenvalue weighted by Crippen LogP contribution is -2.16. The van der Waals surface area contributed by atoms with E-state index in [4.69, 9.17) is 25.8 Å². The molecule has 2 aromatic rings. The summed E-state index contributed by atoms with van der Waals surface area (Å²) in [7, 11) is 3.33. The van der Waals surface area contributed by atoms with Crippen LogP contribution in [0.4, 0.5) is 0 Å². The molecule has 0 saturated carbocycles.